The zero-order chi connectivity index (χ0) is 19.4. The van der Waals surface area contributed by atoms with Crippen LogP contribution in [0.25, 0.3) is 0 Å². The van der Waals surface area contributed by atoms with Crippen molar-refractivity contribution >= 4 is 29.1 Å². The normalized spacial score (nSPS) is 22.7. The average molecular weight is 369 g/mol. The van der Waals surface area contributed by atoms with E-state index in [2.05, 4.69) is 10.5 Å². The van der Waals surface area contributed by atoms with Gasteiger partial charge in [-0.25, -0.2) is 5.43 Å². The van der Waals surface area contributed by atoms with Crippen molar-refractivity contribution in [2.45, 2.75) is 58.8 Å². The van der Waals surface area contributed by atoms with Crippen molar-refractivity contribution in [2.75, 3.05) is 4.90 Å². The molecular formula is C21H27N3O3. The lowest BCUT2D eigenvalue weighted by atomic mass is 9.81. The van der Waals surface area contributed by atoms with Gasteiger partial charge in [-0.2, -0.15) is 5.10 Å². The summed E-state index contributed by atoms with van der Waals surface area (Å²) < 4.78 is 0. The minimum Gasteiger partial charge on any atom is -0.274 e. The van der Waals surface area contributed by atoms with Gasteiger partial charge in [0.1, 0.15) is 0 Å². The number of anilines is 1. The first-order valence-corrected chi connectivity index (χ1v) is 9.84. The highest BCUT2D eigenvalue weighted by atomic mass is 16.2. The first-order valence-electron chi connectivity index (χ1n) is 9.84. The zero-order valence-electron chi connectivity index (χ0n) is 16.0. The van der Waals surface area contributed by atoms with Crippen LogP contribution < -0.4 is 10.3 Å². The molecule has 2 aliphatic rings. The van der Waals surface area contributed by atoms with Crippen LogP contribution in [-0.4, -0.2) is 23.4 Å². The van der Waals surface area contributed by atoms with E-state index in [4.69, 9.17) is 0 Å². The van der Waals surface area contributed by atoms with Gasteiger partial charge in [0.25, 0.3) is 0 Å². The van der Waals surface area contributed by atoms with Gasteiger partial charge in [0, 0.05) is 6.42 Å². The molecule has 1 heterocycles. The molecule has 0 aromatic heterocycles. The summed E-state index contributed by atoms with van der Waals surface area (Å²) in [6.07, 6.45) is 5.94. The molecule has 1 saturated carbocycles. The lowest BCUT2D eigenvalue weighted by molar-refractivity contribution is -0.123. The molecule has 1 aromatic carbocycles. The van der Waals surface area contributed by atoms with Crippen molar-refractivity contribution in [3.05, 3.63) is 29.8 Å². The largest absolute Gasteiger partial charge is 0.274 e. The average Bonchev–Trinajstić information content (AvgIpc) is 2.95. The minimum atomic E-state index is -0.146. The molecule has 3 rings (SSSR count). The number of nitrogens with one attached hydrogen (secondary N) is 1. The number of hydrogen-bond donors (Lipinski definition) is 1. The van der Waals surface area contributed by atoms with Crippen LogP contribution >= 0.6 is 0 Å². The number of fused-ring (bicyclic) bond motifs is 1. The van der Waals surface area contributed by atoms with Crippen molar-refractivity contribution in [3.8, 4) is 0 Å². The number of unbranched alkanes of at least 4 members (excludes halogenated alkanes) is 1. The maximum absolute atomic E-state index is 12.7. The van der Waals surface area contributed by atoms with E-state index in [1.165, 1.54) is 4.90 Å². The second-order valence-electron chi connectivity index (χ2n) is 7.39. The Labute approximate surface area is 160 Å². The molecule has 0 radical (unpaired) electrons. The van der Waals surface area contributed by atoms with Crippen molar-refractivity contribution in [2.24, 2.45) is 16.9 Å². The number of rotatable bonds is 6. The SMILES string of the molecule is CCCCC(=O)N/N=C(/C)c1ccc(N2C(=O)[C@H]3CCCC[C@H]3C2=O)cc1. The zero-order valence-corrected chi connectivity index (χ0v) is 16.0. The molecule has 0 bridgehead atoms. The number of carbonyl (C=O) groups excluding carboxylic acids is 3. The van der Waals surface area contributed by atoms with Gasteiger partial charge in [-0.1, -0.05) is 38.3 Å². The molecule has 1 saturated heterocycles. The monoisotopic (exact) mass is 369 g/mol. The summed E-state index contributed by atoms with van der Waals surface area (Å²) in [5.74, 6) is -0.513. The Balaban J connectivity index is 1.69. The van der Waals surface area contributed by atoms with Crippen molar-refractivity contribution in [1.82, 2.24) is 5.43 Å². The van der Waals surface area contributed by atoms with Gasteiger partial charge in [-0.15, -0.1) is 0 Å². The standard InChI is InChI=1S/C21H27N3O3/c1-3-4-9-19(25)23-22-14(2)15-10-12-16(13-11-15)24-20(26)17-7-5-6-8-18(17)21(24)27/h10-13,17-18H,3-9H2,1-2H3,(H,23,25)/b22-14-/t17-,18+. The highest BCUT2D eigenvalue weighted by Crippen LogP contribution is 2.40. The molecule has 0 unspecified atom stereocenters. The summed E-state index contributed by atoms with van der Waals surface area (Å²) >= 11 is 0. The Kier molecular flexibility index (Phi) is 6.04. The van der Waals surface area contributed by atoms with Crippen LogP contribution in [0.1, 0.15) is 64.4 Å². The van der Waals surface area contributed by atoms with Crippen LogP contribution in [-0.2, 0) is 14.4 Å². The molecule has 0 spiro atoms. The Hall–Kier alpha value is -2.50. The molecule has 6 nitrogen and oxygen atoms in total. The lowest BCUT2D eigenvalue weighted by Crippen LogP contribution is -2.30. The summed E-state index contributed by atoms with van der Waals surface area (Å²) in [4.78, 5) is 38.3. The molecule has 6 heteroatoms. The van der Waals surface area contributed by atoms with Crippen LogP contribution in [0, 0.1) is 11.8 Å². The van der Waals surface area contributed by atoms with E-state index >= 15 is 0 Å². The Morgan fingerprint density at radius 1 is 1.11 bits per heavy atom. The van der Waals surface area contributed by atoms with Gasteiger partial charge in [-0.3, -0.25) is 19.3 Å². The second-order valence-corrected chi connectivity index (χ2v) is 7.39. The number of hydrazone groups is 1. The molecule has 2 fully saturated rings. The smallest absolute Gasteiger partial charge is 0.240 e. The molecule has 27 heavy (non-hydrogen) atoms. The Morgan fingerprint density at radius 2 is 1.70 bits per heavy atom. The molecule has 3 amide bonds. The highest BCUT2D eigenvalue weighted by Gasteiger charge is 2.48. The van der Waals surface area contributed by atoms with Gasteiger partial charge in [0.2, 0.25) is 17.7 Å². The summed E-state index contributed by atoms with van der Waals surface area (Å²) in [5.41, 5.74) is 4.70. The summed E-state index contributed by atoms with van der Waals surface area (Å²) in [6, 6.07) is 7.21. The van der Waals surface area contributed by atoms with E-state index in [0.717, 1.165) is 44.1 Å². The quantitative estimate of drug-likeness (QED) is 0.474. The van der Waals surface area contributed by atoms with Crippen molar-refractivity contribution in [1.29, 1.82) is 0 Å². The molecule has 144 valence electrons. The predicted octanol–water partition coefficient (Wildman–Crippen LogP) is 3.40. The third kappa shape index (κ3) is 4.10. The summed E-state index contributed by atoms with van der Waals surface area (Å²) in [7, 11) is 0. The van der Waals surface area contributed by atoms with E-state index in [0.29, 0.717) is 17.8 Å². The van der Waals surface area contributed by atoms with Crippen LogP contribution in [0.2, 0.25) is 0 Å². The highest BCUT2D eigenvalue weighted by molar-refractivity contribution is 6.22. The topological polar surface area (TPSA) is 78.8 Å². The van der Waals surface area contributed by atoms with Crippen molar-refractivity contribution in [3.63, 3.8) is 0 Å². The maximum Gasteiger partial charge on any atom is 0.240 e. The number of imide groups is 1. The van der Waals surface area contributed by atoms with Crippen LogP contribution in [0.4, 0.5) is 5.69 Å². The van der Waals surface area contributed by atoms with E-state index in [-0.39, 0.29) is 29.6 Å². The van der Waals surface area contributed by atoms with E-state index in [1.54, 1.807) is 12.1 Å². The minimum absolute atomic E-state index is 0.0639. The first kappa shape index (κ1) is 19.3. The van der Waals surface area contributed by atoms with E-state index in [1.807, 2.05) is 26.0 Å². The fourth-order valence-corrected chi connectivity index (χ4v) is 3.87. The molecule has 1 N–H and O–H groups in total. The third-order valence-electron chi connectivity index (χ3n) is 5.49. The van der Waals surface area contributed by atoms with Crippen LogP contribution in [0.5, 0.6) is 0 Å². The molecule has 2 atom stereocenters. The predicted molar refractivity (Wildman–Crippen MR) is 104 cm³/mol. The number of carbonyl (C=O) groups is 3. The third-order valence-corrected chi connectivity index (χ3v) is 5.49. The molecule has 1 aliphatic heterocycles. The van der Waals surface area contributed by atoms with Gasteiger partial charge in [-0.05, 0) is 43.9 Å². The molecule has 1 aromatic rings. The van der Waals surface area contributed by atoms with Crippen LogP contribution in [0.3, 0.4) is 0 Å². The van der Waals surface area contributed by atoms with Gasteiger partial charge >= 0.3 is 0 Å². The van der Waals surface area contributed by atoms with Crippen molar-refractivity contribution < 1.29 is 14.4 Å². The maximum atomic E-state index is 12.7. The Bertz CT molecular complexity index is 730. The molecular weight excluding hydrogens is 342 g/mol. The van der Waals surface area contributed by atoms with Gasteiger partial charge in [0.15, 0.2) is 0 Å². The summed E-state index contributed by atoms with van der Waals surface area (Å²) in [5, 5.41) is 4.13. The van der Waals surface area contributed by atoms with E-state index < -0.39 is 0 Å². The first-order chi connectivity index (χ1) is 13.0. The lowest BCUT2D eigenvalue weighted by Gasteiger charge is -2.19. The number of hydrogen-bond acceptors (Lipinski definition) is 4. The molecule has 1 aliphatic carbocycles. The van der Waals surface area contributed by atoms with Crippen LogP contribution in [0.15, 0.2) is 29.4 Å². The number of benzene rings is 1. The van der Waals surface area contributed by atoms with Gasteiger partial charge in [0.05, 0.1) is 23.2 Å². The fraction of sp³-hybridized carbons (Fsp3) is 0.524. The Morgan fingerprint density at radius 3 is 2.26 bits per heavy atom. The fourth-order valence-electron chi connectivity index (χ4n) is 3.87. The number of nitrogens with zero attached hydrogens (tertiary/aromatic N) is 2. The van der Waals surface area contributed by atoms with Gasteiger partial charge < -0.3 is 0 Å². The second kappa shape index (κ2) is 8.46. The number of amides is 3. The van der Waals surface area contributed by atoms with E-state index in [9.17, 15) is 14.4 Å². The summed E-state index contributed by atoms with van der Waals surface area (Å²) in [6.45, 7) is 3.85.